The molecule has 4 rings (SSSR count). The molecule has 1 aliphatic rings. The van der Waals surface area contributed by atoms with Crippen molar-refractivity contribution in [3.8, 4) is 17.0 Å². The number of methoxy groups -OCH3 is 1. The van der Waals surface area contributed by atoms with Crippen LogP contribution in [0.4, 0.5) is 0 Å². The summed E-state index contributed by atoms with van der Waals surface area (Å²) < 4.78 is 16.4. The van der Waals surface area contributed by atoms with Gasteiger partial charge in [0.15, 0.2) is 11.6 Å². The van der Waals surface area contributed by atoms with E-state index in [1.165, 1.54) is 0 Å². The number of hydrogen-bond acceptors (Lipinski definition) is 8. The van der Waals surface area contributed by atoms with Gasteiger partial charge in [0, 0.05) is 43.7 Å². The van der Waals surface area contributed by atoms with E-state index in [4.69, 9.17) is 13.8 Å². The second-order valence-electron chi connectivity index (χ2n) is 7.63. The minimum Gasteiger partial charge on any atom is -0.496 e. The summed E-state index contributed by atoms with van der Waals surface area (Å²) >= 11 is 0. The molecule has 8 nitrogen and oxygen atoms in total. The largest absolute Gasteiger partial charge is 0.496 e. The maximum atomic E-state index is 5.57. The average molecular weight is 397 g/mol. The van der Waals surface area contributed by atoms with Gasteiger partial charge in [-0.3, -0.25) is 9.80 Å². The molecule has 1 saturated heterocycles. The quantitative estimate of drug-likeness (QED) is 0.601. The highest BCUT2D eigenvalue weighted by Crippen LogP contribution is 2.29. The minimum atomic E-state index is 0.284. The molecule has 0 aliphatic carbocycles. The van der Waals surface area contributed by atoms with E-state index in [0.717, 1.165) is 61.3 Å². The summed E-state index contributed by atoms with van der Waals surface area (Å²) in [6.45, 7) is 9.39. The Morgan fingerprint density at radius 1 is 1.00 bits per heavy atom. The predicted octanol–water partition coefficient (Wildman–Crippen LogP) is 3.17. The average Bonchev–Trinajstić information content (AvgIpc) is 3.39. The molecule has 0 saturated carbocycles. The first-order valence-electron chi connectivity index (χ1n) is 9.98. The van der Waals surface area contributed by atoms with Crippen molar-refractivity contribution in [2.75, 3.05) is 33.3 Å². The van der Waals surface area contributed by atoms with Crippen LogP contribution in [0.3, 0.4) is 0 Å². The van der Waals surface area contributed by atoms with Crippen LogP contribution >= 0.6 is 0 Å². The van der Waals surface area contributed by atoms with Gasteiger partial charge < -0.3 is 13.8 Å². The van der Waals surface area contributed by atoms with Crippen molar-refractivity contribution in [2.45, 2.75) is 32.9 Å². The zero-order valence-corrected chi connectivity index (χ0v) is 17.2. The Kier molecular flexibility index (Phi) is 5.92. The molecule has 2 aromatic heterocycles. The van der Waals surface area contributed by atoms with Crippen molar-refractivity contribution in [1.29, 1.82) is 0 Å². The Morgan fingerprint density at radius 2 is 1.72 bits per heavy atom. The van der Waals surface area contributed by atoms with Crippen molar-refractivity contribution in [3.63, 3.8) is 0 Å². The number of rotatable bonds is 7. The Labute approximate surface area is 170 Å². The van der Waals surface area contributed by atoms with Crippen LogP contribution in [0.5, 0.6) is 5.75 Å². The lowest BCUT2D eigenvalue weighted by atomic mass is 10.1. The normalized spacial score (nSPS) is 15.9. The molecule has 1 aromatic carbocycles. The summed E-state index contributed by atoms with van der Waals surface area (Å²) in [5, 5.41) is 8.27. The van der Waals surface area contributed by atoms with Gasteiger partial charge in [0.1, 0.15) is 11.4 Å². The van der Waals surface area contributed by atoms with E-state index in [0.29, 0.717) is 12.4 Å². The first kappa shape index (κ1) is 19.6. The molecule has 1 aliphatic heterocycles. The predicted molar refractivity (Wildman–Crippen MR) is 107 cm³/mol. The lowest BCUT2D eigenvalue weighted by molar-refractivity contribution is 0.105. The van der Waals surface area contributed by atoms with Gasteiger partial charge in [-0.05, 0) is 12.1 Å². The summed E-state index contributed by atoms with van der Waals surface area (Å²) in [6.07, 6.45) is 0. The van der Waals surface area contributed by atoms with Gasteiger partial charge >= 0.3 is 0 Å². The van der Waals surface area contributed by atoms with E-state index in [2.05, 4.69) is 38.9 Å². The van der Waals surface area contributed by atoms with Crippen molar-refractivity contribution in [1.82, 2.24) is 25.1 Å². The zero-order valence-electron chi connectivity index (χ0n) is 17.2. The Bertz CT molecular complexity index is 928. The molecular formula is C21H27N5O3. The minimum absolute atomic E-state index is 0.284. The molecule has 3 heterocycles. The van der Waals surface area contributed by atoms with Crippen LogP contribution in [-0.2, 0) is 13.1 Å². The zero-order chi connectivity index (χ0) is 20.2. The summed E-state index contributed by atoms with van der Waals surface area (Å²) in [4.78, 5) is 9.18. The molecule has 0 spiro atoms. The molecular weight excluding hydrogens is 370 g/mol. The fraction of sp³-hybridized carbons (Fsp3) is 0.476. The second kappa shape index (κ2) is 8.75. The number of para-hydroxylation sites is 1. The van der Waals surface area contributed by atoms with Crippen molar-refractivity contribution in [3.05, 3.63) is 47.8 Å². The molecule has 1 fully saturated rings. The summed E-state index contributed by atoms with van der Waals surface area (Å²) in [5.74, 6) is 3.40. The van der Waals surface area contributed by atoms with Crippen LogP contribution in [0.2, 0.25) is 0 Å². The first-order chi connectivity index (χ1) is 14.1. The van der Waals surface area contributed by atoms with E-state index in [1.54, 1.807) is 7.11 Å². The molecule has 29 heavy (non-hydrogen) atoms. The lowest BCUT2D eigenvalue weighted by Crippen LogP contribution is -2.45. The lowest BCUT2D eigenvalue weighted by Gasteiger charge is -2.33. The Balaban J connectivity index is 1.30. The number of piperazine rings is 1. The van der Waals surface area contributed by atoms with Crippen LogP contribution in [-0.4, -0.2) is 58.4 Å². The molecule has 0 amide bonds. The highest BCUT2D eigenvalue weighted by atomic mass is 16.5. The molecule has 154 valence electrons. The summed E-state index contributed by atoms with van der Waals surface area (Å²) in [6, 6.07) is 9.83. The van der Waals surface area contributed by atoms with Gasteiger partial charge in [0.25, 0.3) is 0 Å². The van der Waals surface area contributed by atoms with Crippen molar-refractivity contribution >= 4 is 0 Å². The number of aromatic nitrogens is 3. The highest BCUT2D eigenvalue weighted by molar-refractivity contribution is 5.66. The van der Waals surface area contributed by atoms with Crippen molar-refractivity contribution < 1.29 is 13.8 Å². The van der Waals surface area contributed by atoms with E-state index >= 15 is 0 Å². The van der Waals surface area contributed by atoms with E-state index in [9.17, 15) is 0 Å². The second-order valence-corrected chi connectivity index (χ2v) is 7.63. The third kappa shape index (κ3) is 4.65. The Morgan fingerprint density at radius 3 is 2.41 bits per heavy atom. The standard InChI is InChI=1S/C21H27N5O3/c1-15(2)21-22-20(29-24-21)14-26-10-8-25(9-11-26)13-16-12-18(23-28-16)17-6-4-5-7-19(17)27-3/h4-7,12,15H,8-11,13-14H2,1-3H3. The van der Waals surface area contributed by atoms with Crippen LogP contribution < -0.4 is 4.74 Å². The molecule has 3 aromatic rings. The highest BCUT2D eigenvalue weighted by Gasteiger charge is 2.21. The smallest absolute Gasteiger partial charge is 0.240 e. The third-order valence-electron chi connectivity index (χ3n) is 5.15. The number of hydrogen-bond donors (Lipinski definition) is 0. The maximum absolute atomic E-state index is 5.57. The molecule has 0 atom stereocenters. The number of nitrogens with zero attached hydrogens (tertiary/aromatic N) is 5. The van der Waals surface area contributed by atoms with Gasteiger partial charge in [-0.1, -0.05) is 36.3 Å². The summed E-state index contributed by atoms with van der Waals surface area (Å²) in [5.41, 5.74) is 1.74. The topological polar surface area (TPSA) is 80.7 Å². The van der Waals surface area contributed by atoms with Crippen molar-refractivity contribution in [2.24, 2.45) is 0 Å². The fourth-order valence-corrected chi connectivity index (χ4v) is 3.45. The van der Waals surface area contributed by atoms with Crippen LogP contribution in [0.15, 0.2) is 39.4 Å². The monoisotopic (exact) mass is 397 g/mol. The molecule has 0 unspecified atom stereocenters. The van der Waals surface area contributed by atoms with E-state index < -0.39 is 0 Å². The number of benzene rings is 1. The maximum Gasteiger partial charge on any atom is 0.240 e. The van der Waals surface area contributed by atoms with E-state index in [-0.39, 0.29) is 5.92 Å². The Hall–Kier alpha value is -2.71. The van der Waals surface area contributed by atoms with Gasteiger partial charge in [0.05, 0.1) is 20.2 Å². The molecule has 0 N–H and O–H groups in total. The van der Waals surface area contributed by atoms with Gasteiger partial charge in [-0.15, -0.1) is 0 Å². The molecule has 0 bridgehead atoms. The van der Waals surface area contributed by atoms with Gasteiger partial charge in [-0.2, -0.15) is 4.98 Å². The summed E-state index contributed by atoms with van der Waals surface area (Å²) in [7, 11) is 1.66. The molecule has 8 heteroatoms. The first-order valence-corrected chi connectivity index (χ1v) is 9.98. The number of ether oxygens (including phenoxy) is 1. The van der Waals surface area contributed by atoms with Crippen LogP contribution in [0.1, 0.15) is 37.2 Å². The third-order valence-corrected chi connectivity index (χ3v) is 5.15. The van der Waals surface area contributed by atoms with E-state index in [1.807, 2.05) is 30.3 Å². The fourth-order valence-electron chi connectivity index (χ4n) is 3.45. The SMILES string of the molecule is COc1ccccc1-c1cc(CN2CCN(Cc3nc(C(C)C)no3)CC2)on1. The van der Waals surface area contributed by atoms with Gasteiger partial charge in [0.2, 0.25) is 5.89 Å². The van der Waals surface area contributed by atoms with Crippen LogP contribution in [0.25, 0.3) is 11.3 Å². The van der Waals surface area contributed by atoms with Crippen LogP contribution in [0, 0.1) is 0 Å². The molecule has 0 radical (unpaired) electrons. The van der Waals surface area contributed by atoms with Gasteiger partial charge in [-0.25, -0.2) is 0 Å².